The van der Waals surface area contributed by atoms with Crippen LogP contribution in [0.1, 0.15) is 27.1 Å². The molecule has 0 radical (unpaired) electrons. The zero-order valence-electron chi connectivity index (χ0n) is 9.67. The molecule has 1 aliphatic heterocycles. The average molecular weight is 328 g/mol. The number of carbonyl (C=O) groups excluding carboxylic acids is 1. The van der Waals surface area contributed by atoms with Gasteiger partial charge in [0, 0.05) is 17.8 Å². The Morgan fingerprint density at radius 1 is 1.21 bits per heavy atom. The highest BCUT2D eigenvalue weighted by atomic mass is 79.9. The number of hydrogen-bond donors (Lipinski definition) is 2. The molecule has 100 valence electrons. The predicted molar refractivity (Wildman–Crippen MR) is 70.0 cm³/mol. The first-order valence-electron chi connectivity index (χ1n) is 5.46. The Hall–Kier alpha value is -1.89. The number of rotatable bonds is 3. The number of carboxylic acid groups (broad SMARTS) is 2. The van der Waals surface area contributed by atoms with E-state index in [1.165, 1.54) is 23.1 Å². The normalized spacial score (nSPS) is 18.7. The first-order chi connectivity index (χ1) is 8.91. The summed E-state index contributed by atoms with van der Waals surface area (Å²) in [5.74, 6) is -2.81. The van der Waals surface area contributed by atoms with Crippen molar-refractivity contribution in [2.24, 2.45) is 0 Å². The van der Waals surface area contributed by atoms with Crippen LogP contribution in [0.3, 0.4) is 0 Å². The van der Waals surface area contributed by atoms with Crippen molar-refractivity contribution in [3.05, 3.63) is 29.3 Å². The summed E-state index contributed by atoms with van der Waals surface area (Å²) in [6.45, 7) is 0.253. The average Bonchev–Trinajstić information content (AvgIpc) is 2.67. The van der Waals surface area contributed by atoms with Crippen molar-refractivity contribution in [2.75, 3.05) is 11.4 Å². The van der Waals surface area contributed by atoms with Gasteiger partial charge in [0.1, 0.15) is 0 Å². The van der Waals surface area contributed by atoms with E-state index in [9.17, 15) is 14.4 Å². The molecule has 0 saturated carbocycles. The van der Waals surface area contributed by atoms with Crippen LogP contribution in [0.2, 0.25) is 0 Å². The van der Waals surface area contributed by atoms with Crippen LogP contribution in [0.5, 0.6) is 0 Å². The maximum Gasteiger partial charge on any atom is 0.337 e. The molecule has 1 unspecified atom stereocenters. The molecule has 1 fully saturated rings. The van der Waals surface area contributed by atoms with Gasteiger partial charge in [-0.2, -0.15) is 0 Å². The number of aromatic carboxylic acids is 2. The second kappa shape index (κ2) is 5.00. The van der Waals surface area contributed by atoms with Crippen LogP contribution >= 0.6 is 15.9 Å². The standard InChI is InChI=1S/C12H10BrNO5/c13-6-4-9(15)14(5-6)10-7(11(16)17)2-1-3-8(10)12(18)19/h1-3,6H,4-5H2,(H,16,17)(H,18,19). The van der Waals surface area contributed by atoms with E-state index in [-0.39, 0.29) is 40.5 Å². The van der Waals surface area contributed by atoms with E-state index in [1.54, 1.807) is 0 Å². The molecule has 2 N–H and O–H groups in total. The summed E-state index contributed by atoms with van der Waals surface area (Å²) < 4.78 is 0. The van der Waals surface area contributed by atoms with Gasteiger partial charge in [0.25, 0.3) is 0 Å². The van der Waals surface area contributed by atoms with Gasteiger partial charge in [0.15, 0.2) is 0 Å². The monoisotopic (exact) mass is 327 g/mol. The van der Waals surface area contributed by atoms with Crippen molar-refractivity contribution in [1.29, 1.82) is 0 Å². The van der Waals surface area contributed by atoms with Crippen molar-refractivity contribution in [1.82, 2.24) is 0 Å². The van der Waals surface area contributed by atoms with Crippen LogP contribution < -0.4 is 4.90 Å². The largest absolute Gasteiger partial charge is 0.478 e. The fraction of sp³-hybridized carbons (Fsp3) is 0.250. The number of para-hydroxylation sites is 1. The van der Waals surface area contributed by atoms with Crippen LogP contribution in [-0.2, 0) is 4.79 Å². The summed E-state index contributed by atoms with van der Waals surface area (Å²) in [7, 11) is 0. The molecule has 0 bridgehead atoms. The molecule has 1 aliphatic rings. The molecule has 0 spiro atoms. The van der Waals surface area contributed by atoms with Crippen LogP contribution in [0.25, 0.3) is 0 Å². The molecule has 6 nitrogen and oxygen atoms in total. The van der Waals surface area contributed by atoms with E-state index >= 15 is 0 Å². The molecule has 2 rings (SSSR count). The first-order valence-corrected chi connectivity index (χ1v) is 6.37. The number of anilines is 1. The summed E-state index contributed by atoms with van der Waals surface area (Å²) >= 11 is 3.28. The number of alkyl halides is 1. The highest BCUT2D eigenvalue weighted by Gasteiger charge is 2.34. The summed E-state index contributed by atoms with van der Waals surface area (Å²) in [6.07, 6.45) is 0.215. The van der Waals surface area contributed by atoms with Gasteiger partial charge in [-0.1, -0.05) is 22.0 Å². The lowest BCUT2D eigenvalue weighted by atomic mass is 10.1. The van der Waals surface area contributed by atoms with Crippen LogP contribution in [0.4, 0.5) is 5.69 Å². The molecule has 7 heteroatoms. The van der Waals surface area contributed by atoms with Gasteiger partial charge in [-0.15, -0.1) is 0 Å². The number of hydrogen-bond acceptors (Lipinski definition) is 3. The van der Waals surface area contributed by atoms with Crippen molar-refractivity contribution in [2.45, 2.75) is 11.2 Å². The number of carboxylic acids is 2. The van der Waals surface area contributed by atoms with Crippen LogP contribution in [0.15, 0.2) is 18.2 Å². The summed E-state index contributed by atoms with van der Waals surface area (Å²) in [5.41, 5.74) is -0.417. The van der Waals surface area contributed by atoms with E-state index in [1.807, 2.05) is 0 Å². The number of nitrogens with zero attached hydrogens (tertiary/aromatic N) is 1. The van der Waals surface area contributed by atoms with E-state index in [4.69, 9.17) is 10.2 Å². The maximum atomic E-state index is 11.8. The Kier molecular flexibility index (Phi) is 3.57. The topological polar surface area (TPSA) is 94.9 Å². The molecule has 1 aromatic carbocycles. The van der Waals surface area contributed by atoms with E-state index in [0.717, 1.165) is 0 Å². The number of carbonyl (C=O) groups is 3. The van der Waals surface area contributed by atoms with Crippen LogP contribution in [0, 0.1) is 0 Å². The maximum absolute atomic E-state index is 11.8. The van der Waals surface area contributed by atoms with Crippen molar-refractivity contribution in [3.8, 4) is 0 Å². The lowest BCUT2D eigenvalue weighted by Gasteiger charge is -2.20. The molecule has 1 amide bonds. The zero-order valence-corrected chi connectivity index (χ0v) is 11.3. The van der Waals surface area contributed by atoms with E-state index < -0.39 is 11.9 Å². The first kappa shape index (κ1) is 13.5. The second-order valence-electron chi connectivity index (χ2n) is 4.12. The van der Waals surface area contributed by atoms with E-state index in [0.29, 0.717) is 0 Å². The number of benzene rings is 1. The number of halogens is 1. The molecule has 0 aromatic heterocycles. The Morgan fingerprint density at radius 3 is 2.11 bits per heavy atom. The Bertz CT molecular complexity index is 539. The smallest absolute Gasteiger partial charge is 0.337 e. The summed E-state index contributed by atoms with van der Waals surface area (Å²) in [5, 5.41) is 18.3. The van der Waals surface area contributed by atoms with E-state index in [2.05, 4.69) is 15.9 Å². The summed E-state index contributed by atoms with van der Waals surface area (Å²) in [6, 6.07) is 3.93. The third-order valence-electron chi connectivity index (χ3n) is 2.84. The second-order valence-corrected chi connectivity index (χ2v) is 5.41. The Labute approximate surface area is 116 Å². The van der Waals surface area contributed by atoms with Crippen LogP contribution in [-0.4, -0.2) is 39.4 Å². The zero-order chi connectivity index (χ0) is 14.2. The predicted octanol–water partition coefficient (Wildman–Crippen LogP) is 1.58. The minimum absolute atomic E-state index is 0.0468. The fourth-order valence-electron chi connectivity index (χ4n) is 2.06. The minimum atomic E-state index is -1.26. The molecule has 1 aromatic rings. The van der Waals surface area contributed by atoms with Gasteiger partial charge in [-0.05, 0) is 12.1 Å². The van der Waals surface area contributed by atoms with Gasteiger partial charge in [-0.3, -0.25) is 4.79 Å². The lowest BCUT2D eigenvalue weighted by molar-refractivity contribution is -0.117. The Morgan fingerprint density at radius 2 is 1.74 bits per heavy atom. The van der Waals surface area contributed by atoms with Crippen molar-refractivity contribution in [3.63, 3.8) is 0 Å². The highest BCUT2D eigenvalue weighted by Crippen LogP contribution is 2.31. The van der Waals surface area contributed by atoms with Gasteiger partial charge in [0.05, 0.1) is 16.8 Å². The number of amides is 1. The molecule has 0 aliphatic carbocycles. The molecular formula is C12H10BrNO5. The minimum Gasteiger partial charge on any atom is -0.478 e. The van der Waals surface area contributed by atoms with Gasteiger partial charge >= 0.3 is 11.9 Å². The fourth-order valence-corrected chi connectivity index (χ4v) is 2.63. The molecule has 19 heavy (non-hydrogen) atoms. The van der Waals surface area contributed by atoms with Crippen molar-refractivity contribution >= 4 is 39.5 Å². The van der Waals surface area contributed by atoms with Gasteiger partial charge < -0.3 is 15.1 Å². The third kappa shape index (κ3) is 2.46. The Balaban J connectivity index is 2.62. The quantitative estimate of drug-likeness (QED) is 0.822. The molecule has 1 heterocycles. The summed E-state index contributed by atoms with van der Waals surface area (Å²) in [4.78, 5) is 35.3. The molecule has 1 atom stereocenters. The van der Waals surface area contributed by atoms with Gasteiger partial charge in [0.2, 0.25) is 5.91 Å². The third-order valence-corrected chi connectivity index (χ3v) is 3.46. The molecular weight excluding hydrogens is 318 g/mol. The highest BCUT2D eigenvalue weighted by molar-refractivity contribution is 9.09. The van der Waals surface area contributed by atoms with Gasteiger partial charge in [-0.25, -0.2) is 9.59 Å². The molecule has 1 saturated heterocycles. The SMILES string of the molecule is O=C(O)c1cccc(C(=O)O)c1N1CC(Br)CC1=O. The lowest BCUT2D eigenvalue weighted by Crippen LogP contribution is -2.28. The van der Waals surface area contributed by atoms with Crippen molar-refractivity contribution < 1.29 is 24.6 Å².